The maximum atomic E-state index is 11.1. The van der Waals surface area contributed by atoms with Crippen molar-refractivity contribution in [3.8, 4) is 0 Å². The number of Topliss-reactive ketones (excluding diaryl/α,β-unsaturated/α-hetero) is 1. The minimum absolute atomic E-state index is 0.108. The largest absolute Gasteiger partial charge is 0.295 e. The van der Waals surface area contributed by atoms with E-state index < -0.39 is 0 Å². The molecule has 0 aliphatic heterocycles. The molecule has 0 saturated heterocycles. The Labute approximate surface area is 74.8 Å². The van der Waals surface area contributed by atoms with Gasteiger partial charge in [-0.15, -0.1) is 0 Å². The van der Waals surface area contributed by atoms with Crippen molar-refractivity contribution in [2.24, 2.45) is 0 Å². The molecule has 1 rings (SSSR count). The van der Waals surface area contributed by atoms with Crippen molar-refractivity contribution in [2.45, 2.75) is 26.7 Å². The lowest BCUT2D eigenvalue weighted by Gasteiger charge is -1.99. The minimum Gasteiger partial charge on any atom is -0.295 e. The monoisotopic (exact) mass is 163 g/mol. The van der Waals surface area contributed by atoms with Gasteiger partial charge in [0.1, 0.15) is 0 Å². The second-order valence-corrected chi connectivity index (χ2v) is 2.87. The van der Waals surface area contributed by atoms with E-state index in [-0.39, 0.29) is 12.7 Å². The third-order valence-electron chi connectivity index (χ3n) is 1.81. The molecule has 0 unspecified atom stereocenters. The third kappa shape index (κ3) is 2.19. The van der Waals surface area contributed by atoms with Gasteiger partial charge in [-0.25, -0.2) is 0 Å². The lowest BCUT2D eigenvalue weighted by atomic mass is 10.1. The summed E-state index contributed by atoms with van der Waals surface area (Å²) in [4.78, 5) is 11.1. The van der Waals surface area contributed by atoms with Gasteiger partial charge in [0.25, 0.3) is 0 Å². The van der Waals surface area contributed by atoms with Crippen LogP contribution in [0.15, 0.2) is 24.3 Å². The highest BCUT2D eigenvalue weighted by Crippen LogP contribution is 2.06. The quantitative estimate of drug-likeness (QED) is 0.626. The molecule has 0 aliphatic rings. The van der Waals surface area contributed by atoms with Crippen LogP contribution in [0.25, 0.3) is 0 Å². The van der Waals surface area contributed by atoms with E-state index in [2.05, 4.69) is 6.92 Å². The van der Waals surface area contributed by atoms with Crippen molar-refractivity contribution in [3.05, 3.63) is 35.4 Å². The molecular weight excluding hydrogens is 148 g/mol. The van der Waals surface area contributed by atoms with E-state index in [1.54, 1.807) is 0 Å². The number of carbonyl (C=O) groups excluding carboxylic acids is 1. The first-order valence-corrected chi connectivity index (χ1v) is 4.19. The van der Waals surface area contributed by atoms with E-state index >= 15 is 0 Å². The summed E-state index contributed by atoms with van der Waals surface area (Å²) in [5, 5.41) is 0. The predicted molar refractivity (Wildman–Crippen MR) is 50.4 cm³/mol. The van der Waals surface area contributed by atoms with Crippen molar-refractivity contribution in [2.75, 3.05) is 0 Å². The Bertz CT molecular complexity index is 277. The summed E-state index contributed by atoms with van der Waals surface area (Å²) < 4.78 is 6.93. The van der Waals surface area contributed by atoms with Crippen LogP contribution in [0.1, 0.15) is 37.5 Å². The molecule has 0 N–H and O–H groups in total. The Balaban J connectivity index is 2.75. The summed E-state index contributed by atoms with van der Waals surface area (Å²) in [6.07, 6.45) is 2.17. The molecule has 64 valence electrons. The van der Waals surface area contributed by atoms with Crippen LogP contribution in [0, 0.1) is 0 Å². The topological polar surface area (TPSA) is 17.1 Å². The van der Waals surface area contributed by atoms with Gasteiger partial charge in [-0.1, -0.05) is 37.6 Å². The highest BCUT2D eigenvalue weighted by molar-refractivity contribution is 5.93. The summed E-state index contributed by atoms with van der Waals surface area (Å²) in [5.74, 6) is -0.108. The zero-order valence-corrected chi connectivity index (χ0v) is 7.34. The first-order valence-electron chi connectivity index (χ1n) is 4.90. The van der Waals surface area contributed by atoms with Crippen LogP contribution in [0.4, 0.5) is 0 Å². The van der Waals surface area contributed by atoms with Crippen molar-refractivity contribution in [1.82, 2.24) is 0 Å². The van der Waals surface area contributed by atoms with Crippen LogP contribution in [-0.4, -0.2) is 5.78 Å². The number of benzene rings is 1. The Hall–Kier alpha value is -1.11. The van der Waals surface area contributed by atoms with Crippen molar-refractivity contribution >= 4 is 5.78 Å². The zero-order valence-electron chi connectivity index (χ0n) is 8.34. The molecular formula is C11H14O. The van der Waals surface area contributed by atoms with E-state index in [0.29, 0.717) is 5.56 Å². The smallest absolute Gasteiger partial charge is 0.159 e. The van der Waals surface area contributed by atoms with Crippen molar-refractivity contribution in [3.63, 3.8) is 0 Å². The molecule has 1 heteroatoms. The Morgan fingerprint density at radius 2 is 2.08 bits per heavy atom. The van der Waals surface area contributed by atoms with Gasteiger partial charge in [-0.05, 0) is 18.9 Å². The van der Waals surface area contributed by atoms with Crippen molar-refractivity contribution < 1.29 is 6.17 Å². The van der Waals surface area contributed by atoms with Gasteiger partial charge in [0, 0.05) is 6.93 Å². The molecule has 0 spiro atoms. The molecule has 0 amide bonds. The predicted octanol–water partition coefficient (Wildman–Crippen LogP) is 2.84. The summed E-state index contributed by atoms with van der Waals surface area (Å²) in [6.45, 7) is 1.97. The second-order valence-electron chi connectivity index (χ2n) is 2.87. The molecule has 1 aromatic carbocycles. The fourth-order valence-corrected chi connectivity index (χ4v) is 1.15. The number of aryl methyl sites for hydroxylation is 1. The van der Waals surface area contributed by atoms with E-state index in [1.807, 2.05) is 24.3 Å². The first kappa shape index (κ1) is 7.53. The van der Waals surface area contributed by atoms with Gasteiger partial charge in [0.05, 0.1) is 0 Å². The number of carbonyl (C=O) groups is 1. The number of hydrogen-bond donors (Lipinski definition) is 0. The lowest BCUT2D eigenvalue weighted by Crippen LogP contribution is -1.91. The van der Waals surface area contributed by atoms with E-state index in [0.717, 1.165) is 12.8 Å². The third-order valence-corrected chi connectivity index (χ3v) is 1.81. The van der Waals surface area contributed by atoms with E-state index in [1.165, 1.54) is 5.56 Å². The SMILES string of the molecule is [2H]CC(=O)c1ccc(CCC)cc1. The van der Waals surface area contributed by atoms with Gasteiger partial charge < -0.3 is 0 Å². The summed E-state index contributed by atoms with van der Waals surface area (Å²) in [6, 6.07) is 7.54. The standard InChI is InChI=1S/C11H14O/c1-3-4-10-5-7-11(8-6-10)9(2)12/h5-8H,3-4H2,1-2H3/i2D. The summed E-state index contributed by atoms with van der Waals surface area (Å²) in [5.41, 5.74) is 1.90. The molecule has 12 heavy (non-hydrogen) atoms. The van der Waals surface area contributed by atoms with Crippen LogP contribution in [0.3, 0.4) is 0 Å². The first-order chi connectivity index (χ1) is 6.27. The molecule has 0 aromatic heterocycles. The average Bonchev–Trinajstić information content (AvgIpc) is 2.18. The Morgan fingerprint density at radius 3 is 2.58 bits per heavy atom. The fourth-order valence-electron chi connectivity index (χ4n) is 1.15. The molecule has 0 aliphatic carbocycles. The van der Waals surface area contributed by atoms with Crippen LogP contribution in [-0.2, 0) is 6.42 Å². The lowest BCUT2D eigenvalue weighted by molar-refractivity contribution is 0.101. The maximum Gasteiger partial charge on any atom is 0.159 e. The molecule has 0 fully saturated rings. The number of ketones is 1. The Morgan fingerprint density at radius 1 is 1.42 bits per heavy atom. The molecule has 0 radical (unpaired) electrons. The van der Waals surface area contributed by atoms with E-state index in [4.69, 9.17) is 1.37 Å². The molecule has 0 atom stereocenters. The molecule has 0 bridgehead atoms. The van der Waals surface area contributed by atoms with Crippen LogP contribution < -0.4 is 0 Å². The van der Waals surface area contributed by atoms with Gasteiger partial charge in [-0.3, -0.25) is 4.79 Å². The molecule has 0 heterocycles. The van der Waals surface area contributed by atoms with Crippen LogP contribution in [0.5, 0.6) is 0 Å². The van der Waals surface area contributed by atoms with Crippen LogP contribution >= 0.6 is 0 Å². The highest BCUT2D eigenvalue weighted by Gasteiger charge is 1.97. The van der Waals surface area contributed by atoms with E-state index in [9.17, 15) is 4.79 Å². The van der Waals surface area contributed by atoms with Gasteiger partial charge >= 0.3 is 0 Å². The highest BCUT2D eigenvalue weighted by atomic mass is 16.1. The Kier molecular flexibility index (Phi) is 2.54. The molecule has 1 aromatic rings. The van der Waals surface area contributed by atoms with Crippen molar-refractivity contribution in [1.29, 1.82) is 0 Å². The maximum absolute atomic E-state index is 11.1. The average molecular weight is 163 g/mol. The van der Waals surface area contributed by atoms with Gasteiger partial charge in [0.2, 0.25) is 0 Å². The fraction of sp³-hybridized carbons (Fsp3) is 0.364. The minimum atomic E-state index is -0.160. The normalized spacial score (nSPS) is 10.9. The number of rotatable bonds is 3. The number of hydrogen-bond acceptors (Lipinski definition) is 1. The van der Waals surface area contributed by atoms with Gasteiger partial charge in [0.15, 0.2) is 5.78 Å². The second kappa shape index (κ2) is 4.05. The van der Waals surface area contributed by atoms with Crippen LogP contribution in [0.2, 0.25) is 0 Å². The summed E-state index contributed by atoms with van der Waals surface area (Å²) >= 11 is 0. The molecule has 0 saturated carbocycles. The molecule has 1 nitrogen and oxygen atoms in total. The summed E-state index contributed by atoms with van der Waals surface area (Å²) in [7, 11) is 0. The zero-order chi connectivity index (χ0) is 9.68. The van der Waals surface area contributed by atoms with Gasteiger partial charge in [-0.2, -0.15) is 0 Å².